The first-order valence-corrected chi connectivity index (χ1v) is 5.30. The smallest absolute Gasteiger partial charge is 0.240 e. The predicted molar refractivity (Wildman–Crippen MR) is 63.5 cm³/mol. The molecule has 5 heteroatoms. The molecule has 2 rings (SSSR count). The van der Waals surface area contributed by atoms with Crippen LogP contribution in [0.3, 0.4) is 0 Å². The second kappa shape index (κ2) is 4.97. The maximum atomic E-state index is 10.7. The van der Waals surface area contributed by atoms with Gasteiger partial charge in [-0.05, 0) is 12.1 Å². The molecule has 0 aliphatic carbocycles. The molecule has 0 amide bonds. The molecule has 17 heavy (non-hydrogen) atoms. The quantitative estimate of drug-likeness (QED) is 0.580. The van der Waals surface area contributed by atoms with Gasteiger partial charge in [0, 0.05) is 19.7 Å². The third kappa shape index (κ3) is 2.29. The third-order valence-corrected chi connectivity index (χ3v) is 2.50. The van der Waals surface area contributed by atoms with E-state index in [1.54, 1.807) is 23.9 Å². The van der Waals surface area contributed by atoms with E-state index in [-0.39, 0.29) is 0 Å². The van der Waals surface area contributed by atoms with E-state index in [1.165, 1.54) is 0 Å². The van der Waals surface area contributed by atoms with E-state index in [4.69, 9.17) is 9.47 Å². The molecule has 0 N–H and O–H groups in total. The van der Waals surface area contributed by atoms with Crippen molar-refractivity contribution in [3.05, 3.63) is 23.8 Å². The lowest BCUT2D eigenvalue weighted by molar-refractivity contribution is 0.112. The topological polar surface area (TPSA) is 53.4 Å². The van der Waals surface area contributed by atoms with Crippen LogP contribution in [0.2, 0.25) is 0 Å². The lowest BCUT2D eigenvalue weighted by atomic mass is 10.2. The molecule has 0 unspecified atom stereocenters. The fourth-order valence-corrected chi connectivity index (χ4v) is 1.64. The Morgan fingerprint density at radius 2 is 2.24 bits per heavy atom. The van der Waals surface area contributed by atoms with E-state index in [1.807, 2.05) is 13.1 Å². The number of rotatable bonds is 5. The molecule has 0 atom stereocenters. The third-order valence-electron chi connectivity index (χ3n) is 2.50. The molecule has 0 bridgehead atoms. The fraction of sp³-hybridized carbons (Fsp3) is 0.333. The molecule has 2 aromatic rings. The Hall–Kier alpha value is -1.88. The lowest BCUT2D eigenvalue weighted by Gasteiger charge is -2.01. The number of aryl methyl sites for hydroxylation is 1. The van der Waals surface area contributed by atoms with Crippen molar-refractivity contribution in [3.8, 4) is 5.88 Å². The number of aromatic nitrogens is 2. The van der Waals surface area contributed by atoms with Gasteiger partial charge >= 0.3 is 0 Å². The Kier molecular flexibility index (Phi) is 3.39. The highest BCUT2D eigenvalue weighted by Gasteiger charge is 2.09. The number of nitrogens with zero attached hydrogens (tertiary/aromatic N) is 2. The second-order valence-electron chi connectivity index (χ2n) is 3.66. The van der Waals surface area contributed by atoms with Crippen LogP contribution >= 0.6 is 0 Å². The molecule has 0 saturated carbocycles. The highest BCUT2D eigenvalue weighted by molar-refractivity contribution is 5.90. The van der Waals surface area contributed by atoms with Gasteiger partial charge in [-0.1, -0.05) is 6.07 Å². The van der Waals surface area contributed by atoms with Gasteiger partial charge in [0.2, 0.25) is 5.88 Å². The van der Waals surface area contributed by atoms with E-state index in [9.17, 15) is 4.79 Å². The van der Waals surface area contributed by atoms with Crippen LogP contribution in [0.4, 0.5) is 0 Å². The van der Waals surface area contributed by atoms with Gasteiger partial charge in [-0.15, -0.1) is 5.10 Å². The summed E-state index contributed by atoms with van der Waals surface area (Å²) in [5.41, 5.74) is 1.51. The minimum atomic E-state index is 0.456. The van der Waals surface area contributed by atoms with Crippen molar-refractivity contribution >= 4 is 17.2 Å². The summed E-state index contributed by atoms with van der Waals surface area (Å²) in [4.78, 5) is 10.7. The number of fused-ring (bicyclic) bond motifs is 1. The Morgan fingerprint density at radius 3 is 2.94 bits per heavy atom. The molecule has 0 saturated heterocycles. The summed E-state index contributed by atoms with van der Waals surface area (Å²) in [5, 5.41) is 5.16. The number of methoxy groups -OCH3 is 1. The van der Waals surface area contributed by atoms with Crippen LogP contribution in [-0.4, -0.2) is 36.4 Å². The Labute approximate surface area is 98.9 Å². The summed E-state index contributed by atoms with van der Waals surface area (Å²) >= 11 is 0. The van der Waals surface area contributed by atoms with Gasteiger partial charge in [-0.25, -0.2) is 0 Å². The number of hydrogen-bond donors (Lipinski definition) is 0. The number of hydrogen-bond acceptors (Lipinski definition) is 4. The molecule has 90 valence electrons. The largest absolute Gasteiger partial charge is 0.474 e. The standard InChI is InChI=1S/C12H14N2O3/c1-14-11-7-9(8-15)3-4-10(11)12(13-14)17-6-5-16-2/h3-4,7-8H,5-6H2,1-2H3. The van der Waals surface area contributed by atoms with Crippen molar-refractivity contribution in [2.75, 3.05) is 20.3 Å². The van der Waals surface area contributed by atoms with Crippen LogP contribution in [0, 0.1) is 0 Å². The zero-order valence-corrected chi connectivity index (χ0v) is 9.84. The van der Waals surface area contributed by atoms with Crippen LogP contribution in [0.1, 0.15) is 10.4 Å². The van der Waals surface area contributed by atoms with E-state index in [0.29, 0.717) is 24.7 Å². The molecule has 5 nitrogen and oxygen atoms in total. The van der Waals surface area contributed by atoms with Crippen LogP contribution in [0.5, 0.6) is 5.88 Å². The molecule has 0 spiro atoms. The fourth-order valence-electron chi connectivity index (χ4n) is 1.64. The molecule has 0 fully saturated rings. The lowest BCUT2D eigenvalue weighted by Crippen LogP contribution is -2.05. The average molecular weight is 234 g/mol. The van der Waals surface area contributed by atoms with Gasteiger partial charge < -0.3 is 9.47 Å². The van der Waals surface area contributed by atoms with Crippen molar-refractivity contribution in [2.45, 2.75) is 0 Å². The Bertz CT molecular complexity index is 534. The van der Waals surface area contributed by atoms with Gasteiger partial charge in [-0.2, -0.15) is 0 Å². The number of carbonyl (C=O) groups excluding carboxylic acids is 1. The summed E-state index contributed by atoms with van der Waals surface area (Å²) < 4.78 is 12.1. The van der Waals surface area contributed by atoms with Crippen molar-refractivity contribution < 1.29 is 14.3 Å². The van der Waals surface area contributed by atoms with Gasteiger partial charge in [0.25, 0.3) is 0 Å². The minimum absolute atomic E-state index is 0.456. The van der Waals surface area contributed by atoms with Gasteiger partial charge in [0.15, 0.2) is 0 Å². The van der Waals surface area contributed by atoms with Crippen LogP contribution in [0.25, 0.3) is 10.9 Å². The predicted octanol–water partition coefficient (Wildman–Crippen LogP) is 1.41. The first-order chi connectivity index (χ1) is 8.26. The maximum absolute atomic E-state index is 10.7. The summed E-state index contributed by atoms with van der Waals surface area (Å²) in [5.74, 6) is 0.567. The summed E-state index contributed by atoms with van der Waals surface area (Å²) in [6.45, 7) is 0.975. The van der Waals surface area contributed by atoms with Crippen molar-refractivity contribution in [1.82, 2.24) is 9.78 Å². The highest BCUT2D eigenvalue weighted by Crippen LogP contribution is 2.24. The zero-order chi connectivity index (χ0) is 12.3. The number of ether oxygens (including phenoxy) is 2. The van der Waals surface area contributed by atoms with E-state index in [2.05, 4.69) is 5.10 Å². The average Bonchev–Trinajstić information content (AvgIpc) is 2.66. The molecule has 1 aromatic carbocycles. The van der Waals surface area contributed by atoms with Crippen molar-refractivity contribution in [3.63, 3.8) is 0 Å². The van der Waals surface area contributed by atoms with Crippen LogP contribution in [0.15, 0.2) is 18.2 Å². The molecular weight excluding hydrogens is 220 g/mol. The molecule has 0 aliphatic heterocycles. The summed E-state index contributed by atoms with van der Waals surface area (Å²) in [7, 11) is 3.44. The van der Waals surface area contributed by atoms with Gasteiger partial charge in [0.05, 0.1) is 17.5 Å². The van der Waals surface area contributed by atoms with Crippen molar-refractivity contribution in [2.24, 2.45) is 7.05 Å². The zero-order valence-electron chi connectivity index (χ0n) is 9.84. The molecule has 1 aromatic heterocycles. The maximum Gasteiger partial charge on any atom is 0.240 e. The molecule has 0 aliphatic rings. The molecule has 1 heterocycles. The van der Waals surface area contributed by atoms with Gasteiger partial charge in [-0.3, -0.25) is 9.48 Å². The normalized spacial score (nSPS) is 10.7. The van der Waals surface area contributed by atoms with Crippen molar-refractivity contribution in [1.29, 1.82) is 0 Å². The highest BCUT2D eigenvalue weighted by atomic mass is 16.5. The Morgan fingerprint density at radius 1 is 1.41 bits per heavy atom. The van der Waals surface area contributed by atoms with Crippen LogP contribution in [-0.2, 0) is 11.8 Å². The first-order valence-electron chi connectivity index (χ1n) is 5.30. The first kappa shape index (κ1) is 11.6. The van der Waals surface area contributed by atoms with E-state index < -0.39 is 0 Å². The Balaban J connectivity index is 2.34. The number of benzene rings is 1. The second-order valence-corrected chi connectivity index (χ2v) is 3.66. The van der Waals surface area contributed by atoms with Crippen LogP contribution < -0.4 is 4.74 Å². The molecule has 0 radical (unpaired) electrons. The van der Waals surface area contributed by atoms with E-state index >= 15 is 0 Å². The monoisotopic (exact) mass is 234 g/mol. The SMILES string of the molecule is COCCOc1nn(C)c2cc(C=O)ccc12. The minimum Gasteiger partial charge on any atom is -0.474 e. The summed E-state index contributed by atoms with van der Waals surface area (Å²) in [6, 6.07) is 5.38. The summed E-state index contributed by atoms with van der Waals surface area (Å²) in [6.07, 6.45) is 0.817. The van der Waals surface area contributed by atoms with E-state index in [0.717, 1.165) is 17.2 Å². The number of aldehydes is 1. The van der Waals surface area contributed by atoms with Gasteiger partial charge in [0.1, 0.15) is 12.9 Å². The molecular formula is C12H14N2O3. The number of carbonyl (C=O) groups is 1.